The zero-order valence-corrected chi connectivity index (χ0v) is 12.5. The maximum atomic E-state index is 12.1. The van der Waals surface area contributed by atoms with Crippen LogP contribution in [0.15, 0.2) is 15.6 Å². The second-order valence-electron chi connectivity index (χ2n) is 5.15. The molecule has 0 aromatic heterocycles. The number of aliphatic imine (C=N–C) groups is 1. The smallest absolute Gasteiger partial charge is 0.353 e. The highest BCUT2D eigenvalue weighted by Crippen LogP contribution is 2.47. The summed E-state index contributed by atoms with van der Waals surface area (Å²) < 4.78 is 0. The largest absolute Gasteiger partial charge is 0.477 e. The number of hydrogen-bond donors (Lipinski definition) is 3. The van der Waals surface area contributed by atoms with Gasteiger partial charge in [0.15, 0.2) is 0 Å². The summed E-state index contributed by atoms with van der Waals surface area (Å²) in [6.07, 6.45) is 1.58. The average molecular weight is 313 g/mol. The van der Waals surface area contributed by atoms with Gasteiger partial charge in [-0.15, -0.1) is 11.8 Å². The van der Waals surface area contributed by atoms with E-state index in [1.165, 1.54) is 23.0 Å². The van der Waals surface area contributed by atoms with Crippen molar-refractivity contribution in [3.63, 3.8) is 0 Å². The van der Waals surface area contributed by atoms with E-state index in [4.69, 9.17) is 5.73 Å². The molecule has 2 aliphatic rings. The number of carbonyl (C=O) groups excluding carboxylic acids is 1. The normalized spacial score (nSPS) is 26.2. The third-order valence-electron chi connectivity index (χ3n) is 3.65. The first kappa shape index (κ1) is 15.8. The van der Waals surface area contributed by atoms with Crippen LogP contribution in [0.25, 0.3) is 0 Å². The summed E-state index contributed by atoms with van der Waals surface area (Å²) in [5, 5.41) is 18.8. The van der Waals surface area contributed by atoms with Gasteiger partial charge in [0, 0.05) is 17.1 Å². The molecule has 1 amide bonds. The number of aliphatic hydroxyl groups is 1. The van der Waals surface area contributed by atoms with E-state index in [0.29, 0.717) is 30.0 Å². The lowest BCUT2D eigenvalue weighted by molar-refractivity contribution is -0.156. The molecule has 1 saturated heterocycles. The zero-order valence-electron chi connectivity index (χ0n) is 11.7. The Kier molecular flexibility index (Phi) is 4.89. The number of fused-ring (bicyclic) bond motifs is 1. The third kappa shape index (κ3) is 3.06. The molecule has 116 valence electrons. The molecule has 0 aromatic rings. The van der Waals surface area contributed by atoms with Crippen molar-refractivity contribution in [2.24, 2.45) is 16.6 Å². The van der Waals surface area contributed by atoms with Crippen molar-refractivity contribution in [1.29, 1.82) is 0 Å². The summed E-state index contributed by atoms with van der Waals surface area (Å²) in [7, 11) is 0. The van der Waals surface area contributed by atoms with Crippen molar-refractivity contribution in [2.75, 3.05) is 12.3 Å². The average Bonchev–Trinajstić information content (AvgIpc) is 2.76. The number of β-lactam (4-membered cyclic amide) rings is 1. The van der Waals surface area contributed by atoms with Crippen molar-refractivity contribution >= 4 is 30.0 Å². The van der Waals surface area contributed by atoms with Crippen LogP contribution < -0.4 is 5.73 Å². The lowest BCUT2D eigenvalue weighted by atomic mass is 9.83. The van der Waals surface area contributed by atoms with Gasteiger partial charge in [-0.05, 0) is 13.3 Å². The van der Waals surface area contributed by atoms with Gasteiger partial charge in [-0.1, -0.05) is 0 Å². The van der Waals surface area contributed by atoms with Gasteiger partial charge in [0.05, 0.1) is 30.9 Å². The van der Waals surface area contributed by atoms with E-state index in [-0.39, 0.29) is 23.6 Å². The highest BCUT2D eigenvalue weighted by molar-refractivity contribution is 8.03. The lowest BCUT2D eigenvalue weighted by Gasteiger charge is -2.43. The molecule has 0 radical (unpaired) electrons. The summed E-state index contributed by atoms with van der Waals surface area (Å²) in [4.78, 5) is 29.4. The minimum absolute atomic E-state index is 0.0913. The first-order valence-corrected chi connectivity index (χ1v) is 7.76. The first-order chi connectivity index (χ1) is 9.97. The van der Waals surface area contributed by atoms with Crippen molar-refractivity contribution in [3.05, 3.63) is 10.6 Å². The van der Waals surface area contributed by atoms with Crippen molar-refractivity contribution in [3.8, 4) is 0 Å². The van der Waals surface area contributed by atoms with Gasteiger partial charge in [-0.2, -0.15) is 0 Å². The van der Waals surface area contributed by atoms with Crippen LogP contribution in [-0.4, -0.2) is 57.8 Å². The molecule has 2 aliphatic heterocycles. The molecule has 4 N–H and O–H groups in total. The number of thioether (sulfide) groups is 1. The van der Waals surface area contributed by atoms with Gasteiger partial charge in [-0.3, -0.25) is 9.79 Å². The number of rotatable bonds is 7. The Morgan fingerprint density at radius 3 is 2.95 bits per heavy atom. The monoisotopic (exact) mass is 313 g/mol. The quantitative estimate of drug-likeness (QED) is 0.264. The fourth-order valence-corrected chi connectivity index (χ4v) is 3.86. The molecular weight excluding hydrogens is 294 g/mol. The molecule has 0 aliphatic carbocycles. The number of carboxylic acid groups (broad SMARTS) is 1. The van der Waals surface area contributed by atoms with Crippen LogP contribution >= 0.6 is 11.8 Å². The molecule has 2 unspecified atom stereocenters. The number of amides is 1. The number of nitrogens with two attached hydrogens (primary N) is 1. The van der Waals surface area contributed by atoms with Crippen LogP contribution in [0, 0.1) is 5.92 Å². The van der Waals surface area contributed by atoms with E-state index in [1.54, 1.807) is 6.92 Å². The van der Waals surface area contributed by atoms with Crippen molar-refractivity contribution in [1.82, 2.24) is 4.90 Å². The van der Waals surface area contributed by atoms with E-state index in [2.05, 4.69) is 4.99 Å². The fourth-order valence-electron chi connectivity index (χ4n) is 2.81. The Balaban J connectivity index is 2.07. The van der Waals surface area contributed by atoms with Gasteiger partial charge < -0.3 is 20.8 Å². The highest BCUT2D eigenvalue weighted by Gasteiger charge is 2.54. The molecule has 2 heterocycles. The molecule has 0 bridgehead atoms. The first-order valence-electron chi connectivity index (χ1n) is 6.77. The number of nitrogens with zero attached hydrogens (tertiary/aromatic N) is 2. The summed E-state index contributed by atoms with van der Waals surface area (Å²) in [5.41, 5.74) is 5.24. The summed E-state index contributed by atoms with van der Waals surface area (Å²) in [6, 6.07) is -0.126. The molecule has 8 heteroatoms. The molecule has 0 saturated carbocycles. The second-order valence-corrected chi connectivity index (χ2v) is 6.34. The van der Waals surface area contributed by atoms with Gasteiger partial charge in [-0.25, -0.2) is 4.79 Å². The van der Waals surface area contributed by atoms with E-state index in [0.717, 1.165) is 0 Å². The predicted octanol–water partition coefficient (Wildman–Crippen LogP) is 0.00440. The second kappa shape index (κ2) is 6.48. The minimum atomic E-state index is -1.08. The number of hydrogen-bond acceptors (Lipinski definition) is 5. The van der Waals surface area contributed by atoms with E-state index in [1.807, 2.05) is 0 Å². The zero-order chi connectivity index (χ0) is 15.6. The van der Waals surface area contributed by atoms with Gasteiger partial charge >= 0.3 is 5.97 Å². The van der Waals surface area contributed by atoms with Gasteiger partial charge in [0.25, 0.3) is 0 Å². The predicted molar refractivity (Wildman–Crippen MR) is 79.7 cm³/mol. The summed E-state index contributed by atoms with van der Waals surface area (Å²) >= 11 is 1.40. The van der Waals surface area contributed by atoms with Crippen LogP contribution in [0.2, 0.25) is 0 Å². The topological polar surface area (TPSA) is 116 Å². The molecular formula is C13H19N3O4S. The van der Waals surface area contributed by atoms with Crippen LogP contribution in [0.3, 0.4) is 0 Å². The Morgan fingerprint density at radius 1 is 1.67 bits per heavy atom. The molecule has 3 atom stereocenters. The number of carbonyl (C=O) groups is 2. The molecule has 2 rings (SSSR count). The van der Waals surface area contributed by atoms with E-state index in [9.17, 15) is 19.8 Å². The van der Waals surface area contributed by atoms with Gasteiger partial charge in [0.2, 0.25) is 5.91 Å². The number of aliphatic carboxylic acids is 1. The highest BCUT2D eigenvalue weighted by atomic mass is 32.2. The molecule has 7 nitrogen and oxygen atoms in total. The van der Waals surface area contributed by atoms with Crippen molar-refractivity contribution < 1.29 is 19.8 Å². The maximum absolute atomic E-state index is 12.1. The summed E-state index contributed by atoms with van der Waals surface area (Å²) in [5.74, 6) is -0.935. The lowest BCUT2D eigenvalue weighted by Crippen LogP contribution is -2.59. The van der Waals surface area contributed by atoms with Crippen LogP contribution in [0.1, 0.15) is 19.8 Å². The SMILES string of the molecule is CC(O)CC1C(=O)N2C(C(=O)O)=C(SCCN=CN)C[C@H]12. The minimum Gasteiger partial charge on any atom is -0.477 e. The van der Waals surface area contributed by atoms with Crippen LogP contribution in [0.5, 0.6) is 0 Å². The van der Waals surface area contributed by atoms with E-state index < -0.39 is 12.1 Å². The molecule has 1 fully saturated rings. The fraction of sp³-hybridized carbons (Fsp3) is 0.615. The van der Waals surface area contributed by atoms with Crippen molar-refractivity contribution in [2.45, 2.75) is 31.9 Å². The van der Waals surface area contributed by atoms with Crippen LogP contribution in [0.4, 0.5) is 0 Å². The Morgan fingerprint density at radius 2 is 2.38 bits per heavy atom. The number of carboxylic acids is 1. The number of aliphatic hydroxyl groups excluding tert-OH is 1. The summed E-state index contributed by atoms with van der Waals surface area (Å²) in [6.45, 7) is 2.14. The Hall–Kier alpha value is -1.54. The molecule has 21 heavy (non-hydrogen) atoms. The van der Waals surface area contributed by atoms with Gasteiger partial charge in [0.1, 0.15) is 5.70 Å². The standard InChI is InChI=1S/C13H19N3O4S/c1-7(17)4-8-9-5-10(21-3-2-15-6-14)11(13(19)20)16(9)12(8)18/h6-9,17H,2-5H2,1H3,(H2,14,15)(H,19,20)/t7?,8?,9-/m1/s1. The maximum Gasteiger partial charge on any atom is 0.353 e. The molecule has 0 spiro atoms. The Bertz CT molecular complexity index is 504. The molecule has 0 aromatic carbocycles. The van der Waals surface area contributed by atoms with Crippen LogP contribution in [-0.2, 0) is 9.59 Å². The third-order valence-corrected chi connectivity index (χ3v) is 4.75. The Labute approximate surface area is 126 Å². The van der Waals surface area contributed by atoms with E-state index >= 15 is 0 Å².